The molecular weight excluding hydrogens is 356 g/mol. The van der Waals surface area contributed by atoms with E-state index in [4.69, 9.17) is 9.47 Å². The van der Waals surface area contributed by atoms with Crippen molar-refractivity contribution in [2.45, 2.75) is 25.9 Å². The fraction of sp³-hybridized carbons (Fsp3) is 0.364. The summed E-state index contributed by atoms with van der Waals surface area (Å²) in [7, 11) is 0. The molecule has 0 aromatic heterocycles. The normalized spacial score (nSPS) is 15.8. The minimum atomic E-state index is -0.206. The fourth-order valence-electron chi connectivity index (χ4n) is 3.09. The molecular formula is C22H26N2O4. The van der Waals surface area contributed by atoms with Crippen LogP contribution < -0.4 is 10.1 Å². The summed E-state index contributed by atoms with van der Waals surface area (Å²) in [5.74, 6) is 0.774. The minimum Gasteiger partial charge on any atom is -0.492 e. The van der Waals surface area contributed by atoms with Crippen molar-refractivity contribution in [3.8, 4) is 5.75 Å². The van der Waals surface area contributed by atoms with Crippen molar-refractivity contribution >= 4 is 17.5 Å². The third-order valence-electron chi connectivity index (χ3n) is 4.65. The van der Waals surface area contributed by atoms with Crippen LogP contribution in [0.3, 0.4) is 0 Å². The number of ketones is 1. The van der Waals surface area contributed by atoms with Crippen LogP contribution in [-0.2, 0) is 4.74 Å². The van der Waals surface area contributed by atoms with Crippen molar-refractivity contribution in [1.29, 1.82) is 0 Å². The van der Waals surface area contributed by atoms with Gasteiger partial charge in [0.2, 0.25) is 0 Å². The summed E-state index contributed by atoms with van der Waals surface area (Å²) in [6.45, 7) is 3.63. The first-order valence-corrected chi connectivity index (χ1v) is 9.58. The SMILES string of the molecule is CC(=O)c1ccc(NC(=O)N(CCOc2ccccc2)C[C@H]2CCCO2)cc1. The molecule has 2 aromatic rings. The van der Waals surface area contributed by atoms with Crippen molar-refractivity contribution in [2.24, 2.45) is 0 Å². The van der Waals surface area contributed by atoms with Gasteiger partial charge in [-0.2, -0.15) is 0 Å². The molecule has 2 aromatic carbocycles. The third kappa shape index (κ3) is 5.82. The van der Waals surface area contributed by atoms with Crippen LogP contribution in [0.5, 0.6) is 5.75 Å². The molecule has 3 rings (SSSR count). The monoisotopic (exact) mass is 382 g/mol. The van der Waals surface area contributed by atoms with Gasteiger partial charge in [-0.05, 0) is 56.2 Å². The zero-order chi connectivity index (χ0) is 19.8. The first-order chi connectivity index (χ1) is 13.6. The maximum Gasteiger partial charge on any atom is 0.322 e. The zero-order valence-electron chi connectivity index (χ0n) is 16.1. The van der Waals surface area contributed by atoms with Crippen molar-refractivity contribution in [1.82, 2.24) is 4.90 Å². The maximum absolute atomic E-state index is 12.8. The van der Waals surface area contributed by atoms with E-state index in [1.807, 2.05) is 30.3 Å². The summed E-state index contributed by atoms with van der Waals surface area (Å²) in [4.78, 5) is 25.9. The lowest BCUT2D eigenvalue weighted by molar-refractivity contribution is 0.0799. The van der Waals surface area contributed by atoms with Gasteiger partial charge in [-0.1, -0.05) is 18.2 Å². The Bertz CT molecular complexity index is 771. The third-order valence-corrected chi connectivity index (χ3v) is 4.65. The van der Waals surface area contributed by atoms with Gasteiger partial charge in [-0.15, -0.1) is 0 Å². The molecule has 148 valence electrons. The Labute approximate surface area is 165 Å². The van der Waals surface area contributed by atoms with Gasteiger partial charge in [0.05, 0.1) is 12.6 Å². The number of para-hydroxylation sites is 1. The molecule has 0 spiro atoms. The van der Waals surface area contributed by atoms with Gasteiger partial charge in [0.15, 0.2) is 5.78 Å². The topological polar surface area (TPSA) is 67.9 Å². The van der Waals surface area contributed by atoms with E-state index in [2.05, 4.69) is 5.32 Å². The van der Waals surface area contributed by atoms with E-state index in [0.717, 1.165) is 25.2 Å². The second kappa shape index (κ2) is 9.90. The van der Waals surface area contributed by atoms with Gasteiger partial charge in [0.25, 0.3) is 0 Å². The first kappa shape index (κ1) is 19.9. The van der Waals surface area contributed by atoms with Crippen molar-refractivity contribution in [2.75, 3.05) is 31.6 Å². The highest BCUT2D eigenvalue weighted by molar-refractivity contribution is 5.95. The average molecular weight is 382 g/mol. The molecule has 1 fully saturated rings. The van der Waals surface area contributed by atoms with E-state index < -0.39 is 0 Å². The van der Waals surface area contributed by atoms with E-state index in [1.165, 1.54) is 6.92 Å². The largest absolute Gasteiger partial charge is 0.492 e. The first-order valence-electron chi connectivity index (χ1n) is 9.58. The molecule has 1 heterocycles. The predicted molar refractivity (Wildman–Crippen MR) is 108 cm³/mol. The zero-order valence-corrected chi connectivity index (χ0v) is 16.1. The highest BCUT2D eigenvalue weighted by Crippen LogP contribution is 2.16. The fourth-order valence-corrected chi connectivity index (χ4v) is 3.09. The molecule has 1 N–H and O–H groups in total. The average Bonchev–Trinajstić information content (AvgIpc) is 3.21. The Morgan fingerprint density at radius 2 is 1.89 bits per heavy atom. The molecule has 0 saturated carbocycles. The smallest absolute Gasteiger partial charge is 0.322 e. The van der Waals surface area contributed by atoms with Crippen LogP contribution in [-0.4, -0.2) is 49.1 Å². The lowest BCUT2D eigenvalue weighted by Crippen LogP contribution is -2.42. The molecule has 2 amide bonds. The van der Waals surface area contributed by atoms with Gasteiger partial charge in [-0.3, -0.25) is 4.79 Å². The molecule has 6 nitrogen and oxygen atoms in total. The number of carbonyl (C=O) groups excluding carboxylic acids is 2. The number of hydrogen-bond donors (Lipinski definition) is 1. The number of rotatable bonds is 8. The number of nitrogens with zero attached hydrogens (tertiary/aromatic N) is 1. The van der Waals surface area contributed by atoms with Crippen LogP contribution >= 0.6 is 0 Å². The van der Waals surface area contributed by atoms with E-state index in [0.29, 0.717) is 30.9 Å². The number of anilines is 1. The number of urea groups is 1. The summed E-state index contributed by atoms with van der Waals surface area (Å²) in [5.41, 5.74) is 1.27. The lowest BCUT2D eigenvalue weighted by Gasteiger charge is -2.26. The number of nitrogens with one attached hydrogen (secondary N) is 1. The summed E-state index contributed by atoms with van der Waals surface area (Å²) in [5, 5.41) is 2.90. The maximum atomic E-state index is 12.8. The summed E-state index contributed by atoms with van der Waals surface area (Å²) in [6.07, 6.45) is 2.03. The van der Waals surface area contributed by atoms with Gasteiger partial charge in [0, 0.05) is 24.4 Å². The summed E-state index contributed by atoms with van der Waals surface area (Å²) in [6, 6.07) is 16.2. The Kier molecular flexibility index (Phi) is 7.03. The van der Waals surface area contributed by atoms with Crippen LogP contribution in [0.25, 0.3) is 0 Å². The van der Waals surface area contributed by atoms with E-state index in [9.17, 15) is 9.59 Å². The molecule has 28 heavy (non-hydrogen) atoms. The van der Waals surface area contributed by atoms with E-state index in [-0.39, 0.29) is 17.9 Å². The highest BCUT2D eigenvalue weighted by atomic mass is 16.5. The van der Waals surface area contributed by atoms with Crippen LogP contribution in [0.2, 0.25) is 0 Å². The molecule has 6 heteroatoms. The number of benzene rings is 2. The van der Waals surface area contributed by atoms with Crippen LogP contribution in [0, 0.1) is 0 Å². The van der Waals surface area contributed by atoms with Gasteiger partial charge in [-0.25, -0.2) is 4.79 Å². The summed E-state index contributed by atoms with van der Waals surface area (Å²) >= 11 is 0. The van der Waals surface area contributed by atoms with Crippen LogP contribution in [0.15, 0.2) is 54.6 Å². The molecule has 1 aliphatic rings. The van der Waals surface area contributed by atoms with Crippen molar-refractivity contribution in [3.63, 3.8) is 0 Å². The number of hydrogen-bond acceptors (Lipinski definition) is 4. The van der Waals surface area contributed by atoms with Gasteiger partial charge >= 0.3 is 6.03 Å². The molecule has 0 aliphatic carbocycles. The Morgan fingerprint density at radius 1 is 1.14 bits per heavy atom. The van der Waals surface area contributed by atoms with Crippen molar-refractivity contribution in [3.05, 3.63) is 60.2 Å². The number of ether oxygens (including phenoxy) is 2. The number of carbonyl (C=O) groups is 2. The highest BCUT2D eigenvalue weighted by Gasteiger charge is 2.22. The Morgan fingerprint density at radius 3 is 2.54 bits per heavy atom. The van der Waals surface area contributed by atoms with Crippen LogP contribution in [0.4, 0.5) is 10.5 Å². The predicted octanol–water partition coefficient (Wildman–Crippen LogP) is 3.98. The Hall–Kier alpha value is -2.86. The van der Waals surface area contributed by atoms with Gasteiger partial charge in [0.1, 0.15) is 12.4 Å². The molecule has 0 radical (unpaired) electrons. The lowest BCUT2D eigenvalue weighted by atomic mass is 10.1. The van der Waals surface area contributed by atoms with Crippen LogP contribution in [0.1, 0.15) is 30.1 Å². The molecule has 0 bridgehead atoms. The molecule has 0 unspecified atom stereocenters. The minimum absolute atomic E-state index is 0.00375. The Balaban J connectivity index is 1.59. The quantitative estimate of drug-likeness (QED) is 0.701. The van der Waals surface area contributed by atoms with E-state index in [1.54, 1.807) is 29.2 Å². The standard InChI is InChI=1S/C22H26N2O4/c1-17(25)18-9-11-19(12-10-18)23-22(26)24(16-21-8-5-14-27-21)13-15-28-20-6-3-2-4-7-20/h2-4,6-7,9-12,21H,5,8,13-16H2,1H3,(H,23,26)/t21-/m1/s1. The molecule has 1 saturated heterocycles. The van der Waals surface area contributed by atoms with Crippen molar-refractivity contribution < 1.29 is 19.1 Å². The van der Waals surface area contributed by atoms with Gasteiger partial charge < -0.3 is 19.7 Å². The molecule has 1 atom stereocenters. The summed E-state index contributed by atoms with van der Waals surface area (Å²) < 4.78 is 11.4. The number of amides is 2. The molecule has 1 aliphatic heterocycles. The number of Topliss-reactive ketones (excluding diaryl/α,β-unsaturated/α-hetero) is 1. The second-order valence-corrected chi connectivity index (χ2v) is 6.81. The second-order valence-electron chi connectivity index (χ2n) is 6.81. The van der Waals surface area contributed by atoms with E-state index >= 15 is 0 Å².